The van der Waals surface area contributed by atoms with Crippen LogP contribution in [0.25, 0.3) is 0 Å². The molecule has 0 heterocycles. The minimum atomic E-state index is 0.120. The highest BCUT2D eigenvalue weighted by molar-refractivity contribution is 9.10. The van der Waals surface area contributed by atoms with Crippen LogP contribution in [0.5, 0.6) is 11.5 Å². The fraction of sp³-hybridized carbons (Fsp3) is 0.250. The Labute approximate surface area is 127 Å². The van der Waals surface area contributed by atoms with Gasteiger partial charge in [-0.3, -0.25) is 0 Å². The van der Waals surface area contributed by atoms with Gasteiger partial charge in [-0.1, -0.05) is 40.2 Å². The van der Waals surface area contributed by atoms with Gasteiger partial charge in [0.05, 0.1) is 0 Å². The smallest absolute Gasteiger partial charge is 0.122 e. The van der Waals surface area contributed by atoms with Crippen molar-refractivity contribution in [2.45, 2.75) is 6.42 Å². The summed E-state index contributed by atoms with van der Waals surface area (Å²) in [5.41, 5.74) is 1.01. The van der Waals surface area contributed by atoms with Crippen molar-refractivity contribution in [2.75, 3.05) is 19.8 Å². The van der Waals surface area contributed by atoms with Crippen LogP contribution in [0.4, 0.5) is 0 Å². The molecule has 0 aliphatic carbocycles. The Kier molecular flexibility index (Phi) is 5.89. The third kappa shape index (κ3) is 4.54. The van der Waals surface area contributed by atoms with Crippen LogP contribution in [0.15, 0.2) is 53.0 Å². The van der Waals surface area contributed by atoms with Gasteiger partial charge in [-0.15, -0.1) is 0 Å². The van der Waals surface area contributed by atoms with E-state index < -0.39 is 0 Å². The first kappa shape index (κ1) is 14.9. The predicted molar refractivity (Wildman–Crippen MR) is 82.4 cm³/mol. The molecule has 0 spiro atoms. The standard InChI is InChI=1S/C16H17BrO3/c17-14-5-3-6-15(12-14)19-10-11-20-16-7-2-1-4-13(16)8-9-18/h1-7,12,18H,8-11H2. The lowest BCUT2D eigenvalue weighted by atomic mass is 10.1. The third-order valence-corrected chi connectivity index (χ3v) is 3.25. The number of rotatable bonds is 7. The monoisotopic (exact) mass is 336 g/mol. The second kappa shape index (κ2) is 7.92. The maximum atomic E-state index is 9.01. The van der Waals surface area contributed by atoms with Crippen molar-refractivity contribution < 1.29 is 14.6 Å². The second-order valence-electron chi connectivity index (χ2n) is 4.24. The molecule has 0 saturated carbocycles. The van der Waals surface area contributed by atoms with Crippen molar-refractivity contribution in [1.29, 1.82) is 0 Å². The van der Waals surface area contributed by atoms with Crippen molar-refractivity contribution in [3.8, 4) is 11.5 Å². The summed E-state index contributed by atoms with van der Waals surface area (Å²) in [7, 11) is 0. The highest BCUT2D eigenvalue weighted by Crippen LogP contribution is 2.19. The molecule has 4 heteroatoms. The quantitative estimate of drug-likeness (QED) is 0.787. The summed E-state index contributed by atoms with van der Waals surface area (Å²) in [6.07, 6.45) is 0.600. The zero-order chi connectivity index (χ0) is 14.2. The SMILES string of the molecule is OCCc1ccccc1OCCOc1cccc(Br)c1. The molecular formula is C16H17BrO3. The maximum Gasteiger partial charge on any atom is 0.122 e. The first-order chi connectivity index (χ1) is 9.79. The molecule has 0 aromatic heterocycles. The van der Waals surface area contributed by atoms with Gasteiger partial charge >= 0.3 is 0 Å². The third-order valence-electron chi connectivity index (χ3n) is 2.76. The van der Waals surface area contributed by atoms with E-state index in [-0.39, 0.29) is 6.61 Å². The largest absolute Gasteiger partial charge is 0.490 e. The Bertz CT molecular complexity index is 543. The summed E-state index contributed by atoms with van der Waals surface area (Å²) in [5.74, 6) is 1.62. The average molecular weight is 337 g/mol. The molecule has 2 aromatic carbocycles. The summed E-state index contributed by atoms with van der Waals surface area (Å²) in [6.45, 7) is 1.06. The Morgan fingerprint density at radius 2 is 1.75 bits per heavy atom. The van der Waals surface area contributed by atoms with E-state index in [0.717, 1.165) is 21.5 Å². The number of para-hydroxylation sites is 1. The van der Waals surface area contributed by atoms with Gasteiger partial charge in [0.2, 0.25) is 0 Å². The van der Waals surface area contributed by atoms with E-state index in [2.05, 4.69) is 15.9 Å². The van der Waals surface area contributed by atoms with Gasteiger partial charge in [0.15, 0.2) is 0 Å². The van der Waals surface area contributed by atoms with E-state index in [4.69, 9.17) is 14.6 Å². The second-order valence-corrected chi connectivity index (χ2v) is 5.15. The van der Waals surface area contributed by atoms with Crippen LogP contribution in [-0.4, -0.2) is 24.9 Å². The van der Waals surface area contributed by atoms with E-state index in [9.17, 15) is 0 Å². The lowest BCUT2D eigenvalue weighted by Gasteiger charge is -2.11. The van der Waals surface area contributed by atoms with Crippen molar-refractivity contribution in [1.82, 2.24) is 0 Å². The first-order valence-corrected chi connectivity index (χ1v) is 7.29. The first-order valence-electron chi connectivity index (χ1n) is 6.49. The molecule has 1 N–H and O–H groups in total. The van der Waals surface area contributed by atoms with Gasteiger partial charge in [-0.25, -0.2) is 0 Å². The van der Waals surface area contributed by atoms with Crippen LogP contribution in [0.3, 0.4) is 0 Å². The van der Waals surface area contributed by atoms with E-state index in [1.54, 1.807) is 0 Å². The molecule has 0 radical (unpaired) electrons. The highest BCUT2D eigenvalue weighted by Gasteiger charge is 2.02. The van der Waals surface area contributed by atoms with Gasteiger partial charge in [0.25, 0.3) is 0 Å². The summed E-state index contributed by atoms with van der Waals surface area (Å²) in [6, 6.07) is 15.4. The molecule has 2 rings (SSSR count). The lowest BCUT2D eigenvalue weighted by Crippen LogP contribution is -2.10. The zero-order valence-corrected chi connectivity index (χ0v) is 12.7. The highest BCUT2D eigenvalue weighted by atomic mass is 79.9. The summed E-state index contributed by atoms with van der Waals surface area (Å²) in [5, 5.41) is 9.01. The van der Waals surface area contributed by atoms with Crippen LogP contribution >= 0.6 is 15.9 Å². The fourth-order valence-electron chi connectivity index (χ4n) is 1.84. The van der Waals surface area contributed by atoms with E-state index in [0.29, 0.717) is 19.6 Å². The molecule has 20 heavy (non-hydrogen) atoms. The molecule has 2 aromatic rings. The Hall–Kier alpha value is -1.52. The Morgan fingerprint density at radius 1 is 0.950 bits per heavy atom. The number of benzene rings is 2. The molecule has 0 amide bonds. The maximum absolute atomic E-state index is 9.01. The Morgan fingerprint density at radius 3 is 2.55 bits per heavy atom. The molecule has 0 atom stereocenters. The van der Waals surface area contributed by atoms with Gasteiger partial charge in [0, 0.05) is 11.1 Å². The van der Waals surface area contributed by atoms with E-state index in [1.807, 2.05) is 48.5 Å². The van der Waals surface area contributed by atoms with Crippen molar-refractivity contribution in [3.63, 3.8) is 0 Å². The predicted octanol–water partition coefficient (Wildman–Crippen LogP) is 3.44. The lowest BCUT2D eigenvalue weighted by molar-refractivity contribution is 0.214. The normalized spacial score (nSPS) is 10.3. The fourth-order valence-corrected chi connectivity index (χ4v) is 2.22. The molecule has 0 aliphatic heterocycles. The van der Waals surface area contributed by atoms with Crippen LogP contribution in [-0.2, 0) is 6.42 Å². The van der Waals surface area contributed by atoms with Crippen molar-refractivity contribution >= 4 is 15.9 Å². The van der Waals surface area contributed by atoms with Crippen LogP contribution in [0.2, 0.25) is 0 Å². The Balaban J connectivity index is 1.81. The van der Waals surface area contributed by atoms with Crippen LogP contribution in [0.1, 0.15) is 5.56 Å². The minimum absolute atomic E-state index is 0.120. The summed E-state index contributed by atoms with van der Waals surface area (Å²) < 4.78 is 12.3. The van der Waals surface area contributed by atoms with Gasteiger partial charge in [0.1, 0.15) is 24.7 Å². The van der Waals surface area contributed by atoms with Gasteiger partial charge in [-0.05, 0) is 36.2 Å². The van der Waals surface area contributed by atoms with Crippen LogP contribution in [0, 0.1) is 0 Å². The van der Waals surface area contributed by atoms with Crippen molar-refractivity contribution in [3.05, 3.63) is 58.6 Å². The number of hydrogen-bond donors (Lipinski definition) is 1. The molecule has 106 valence electrons. The number of ether oxygens (including phenoxy) is 2. The zero-order valence-electron chi connectivity index (χ0n) is 11.1. The van der Waals surface area contributed by atoms with Crippen molar-refractivity contribution in [2.24, 2.45) is 0 Å². The van der Waals surface area contributed by atoms with Gasteiger partial charge in [-0.2, -0.15) is 0 Å². The van der Waals surface area contributed by atoms with Crippen LogP contribution < -0.4 is 9.47 Å². The van der Waals surface area contributed by atoms with E-state index in [1.165, 1.54) is 0 Å². The molecule has 0 saturated heterocycles. The topological polar surface area (TPSA) is 38.7 Å². The molecule has 0 aliphatic rings. The number of hydrogen-bond acceptors (Lipinski definition) is 3. The molecule has 3 nitrogen and oxygen atoms in total. The van der Waals surface area contributed by atoms with E-state index >= 15 is 0 Å². The minimum Gasteiger partial charge on any atom is -0.490 e. The summed E-state index contributed by atoms with van der Waals surface area (Å²) >= 11 is 3.40. The number of aliphatic hydroxyl groups excluding tert-OH is 1. The van der Waals surface area contributed by atoms with Gasteiger partial charge < -0.3 is 14.6 Å². The average Bonchev–Trinajstić information content (AvgIpc) is 2.46. The molecule has 0 bridgehead atoms. The molecular weight excluding hydrogens is 320 g/mol. The molecule has 0 unspecified atom stereocenters. The summed E-state index contributed by atoms with van der Waals surface area (Å²) in [4.78, 5) is 0. The number of aliphatic hydroxyl groups is 1. The molecule has 0 fully saturated rings. The number of halogens is 1.